The molecular weight excluding hydrogens is 231 g/mol. The predicted octanol–water partition coefficient (Wildman–Crippen LogP) is 3.60. The quantitative estimate of drug-likeness (QED) is 0.638. The minimum Gasteiger partial charge on any atom is -0.203 e. The molecule has 0 spiro atoms. The van der Waals surface area contributed by atoms with Gasteiger partial charge in [-0.05, 0) is 0 Å². The van der Waals surface area contributed by atoms with E-state index in [2.05, 4.69) is 0 Å². The van der Waals surface area contributed by atoms with Crippen molar-refractivity contribution < 1.29 is 39.5 Å². The second-order valence-corrected chi connectivity index (χ2v) is 2.05. The van der Waals surface area contributed by atoms with E-state index >= 15 is 0 Å². The first-order valence-corrected chi connectivity index (χ1v) is 2.80. The number of hydrogen-bond acceptors (Lipinski definition) is 0. The molecule has 0 aromatic rings. The minimum absolute atomic E-state index is 3.82. The van der Waals surface area contributed by atoms with Crippen molar-refractivity contribution in [2.24, 2.45) is 0 Å². The molecule has 0 radical (unpaired) electrons. The van der Waals surface area contributed by atoms with Crippen molar-refractivity contribution >= 4 is 0 Å². The zero-order chi connectivity index (χ0) is 11.7. The Morgan fingerprint density at radius 1 is 0.786 bits per heavy atom. The molecule has 0 amide bonds. The van der Waals surface area contributed by atoms with Gasteiger partial charge in [-0.3, -0.25) is 0 Å². The van der Waals surface area contributed by atoms with E-state index in [0.717, 1.165) is 0 Å². The van der Waals surface area contributed by atoms with Crippen LogP contribution in [0.25, 0.3) is 0 Å². The highest BCUT2D eigenvalue weighted by Gasteiger charge is 2.52. The van der Waals surface area contributed by atoms with Gasteiger partial charge in [0.05, 0.1) is 0 Å². The number of alkyl halides is 7. The van der Waals surface area contributed by atoms with Crippen molar-refractivity contribution in [1.29, 1.82) is 0 Å². The highest BCUT2D eigenvalue weighted by molar-refractivity contribution is 5.14. The van der Waals surface area contributed by atoms with Crippen LogP contribution >= 0.6 is 0 Å². The highest BCUT2D eigenvalue weighted by atomic mass is 19.4. The molecule has 0 rings (SSSR count). The van der Waals surface area contributed by atoms with Gasteiger partial charge in [0, 0.05) is 0 Å². The van der Waals surface area contributed by atoms with E-state index < -0.39 is 30.2 Å². The molecule has 0 unspecified atom stereocenters. The second-order valence-electron chi connectivity index (χ2n) is 2.05. The Balaban J connectivity index is 5.21. The molecule has 0 aromatic heterocycles. The van der Waals surface area contributed by atoms with Crippen LogP contribution in [0.2, 0.25) is 0 Å². The van der Waals surface area contributed by atoms with Gasteiger partial charge in [0.15, 0.2) is 0 Å². The molecule has 0 fully saturated rings. The lowest BCUT2D eigenvalue weighted by Gasteiger charge is -2.14. The second kappa shape index (κ2) is 3.70. The van der Waals surface area contributed by atoms with Gasteiger partial charge in [-0.15, -0.1) is 0 Å². The van der Waals surface area contributed by atoms with E-state index in [1.54, 1.807) is 0 Å². The first-order valence-electron chi connectivity index (χ1n) is 2.80. The third-order valence-corrected chi connectivity index (χ3v) is 1.01. The number of halogens is 9. The number of allylic oxidation sites excluding steroid dienone is 2. The zero-order valence-electron chi connectivity index (χ0n) is 5.98. The van der Waals surface area contributed by atoms with E-state index in [1.807, 2.05) is 0 Å². The zero-order valence-corrected chi connectivity index (χ0v) is 5.98. The Kier molecular flexibility index (Phi) is 3.46. The first kappa shape index (κ1) is 13.1. The Labute approximate surface area is 71.0 Å². The predicted molar refractivity (Wildman–Crippen MR) is 26.2 cm³/mol. The van der Waals surface area contributed by atoms with Gasteiger partial charge in [0.2, 0.25) is 11.7 Å². The fraction of sp³-hybridized carbons (Fsp3) is 0.600. The van der Waals surface area contributed by atoms with E-state index in [0.29, 0.717) is 0 Å². The summed E-state index contributed by atoms with van der Waals surface area (Å²) in [4.78, 5) is 0. The first-order chi connectivity index (χ1) is 6.01. The molecule has 0 saturated carbocycles. The number of rotatable bonds is 2. The maximum Gasteiger partial charge on any atom is 0.445 e. The van der Waals surface area contributed by atoms with Gasteiger partial charge in [-0.2, -0.15) is 26.3 Å². The maximum absolute atomic E-state index is 11.9. The summed E-state index contributed by atoms with van der Waals surface area (Å²) in [6, 6.07) is 0. The fourth-order valence-electron chi connectivity index (χ4n) is 0.367. The Hall–Kier alpha value is -0.890. The van der Waals surface area contributed by atoms with Crippen LogP contribution in [0.1, 0.15) is 0 Å². The monoisotopic (exact) mass is 232 g/mol. The summed E-state index contributed by atoms with van der Waals surface area (Å²) in [5.74, 6) is -13.5. The third kappa shape index (κ3) is 2.55. The van der Waals surface area contributed by atoms with E-state index in [1.165, 1.54) is 0 Å². The van der Waals surface area contributed by atoms with Crippen molar-refractivity contribution in [2.45, 2.75) is 18.5 Å². The van der Waals surface area contributed by atoms with Crippen molar-refractivity contribution in [3.63, 3.8) is 0 Å². The Morgan fingerprint density at radius 2 is 1.14 bits per heavy atom. The van der Waals surface area contributed by atoms with E-state index in [-0.39, 0.29) is 0 Å². The molecule has 0 bridgehead atoms. The Morgan fingerprint density at radius 3 is 1.36 bits per heavy atom. The van der Waals surface area contributed by atoms with Gasteiger partial charge >= 0.3 is 18.5 Å². The summed E-state index contributed by atoms with van der Waals surface area (Å²) in [6.07, 6.45) is -10.8. The van der Waals surface area contributed by atoms with Gasteiger partial charge in [0.1, 0.15) is 0 Å². The molecule has 0 aromatic carbocycles. The molecule has 9 heteroatoms. The molecule has 0 N–H and O–H groups in total. The molecule has 0 nitrogen and oxygen atoms in total. The molecule has 84 valence electrons. The van der Waals surface area contributed by atoms with Crippen LogP contribution in [0.3, 0.4) is 0 Å². The highest BCUT2D eigenvalue weighted by Crippen LogP contribution is 2.39. The normalized spacial score (nSPS) is 15.9. The lowest BCUT2D eigenvalue weighted by atomic mass is 10.2. The van der Waals surface area contributed by atoms with Gasteiger partial charge in [0.25, 0.3) is 0 Å². The maximum atomic E-state index is 11.9. The fourth-order valence-corrected chi connectivity index (χ4v) is 0.367. The number of hydrogen-bond donors (Lipinski definition) is 0. The van der Waals surface area contributed by atoms with Crippen LogP contribution in [0.15, 0.2) is 11.7 Å². The van der Waals surface area contributed by atoms with Crippen molar-refractivity contribution in [3.8, 4) is 0 Å². The summed E-state index contributed by atoms with van der Waals surface area (Å²) in [5, 5.41) is 0. The van der Waals surface area contributed by atoms with Crippen LogP contribution in [0.5, 0.6) is 0 Å². The van der Waals surface area contributed by atoms with Gasteiger partial charge in [-0.1, -0.05) is 0 Å². The minimum atomic E-state index is -6.05. The summed E-state index contributed by atoms with van der Waals surface area (Å²) in [6.45, 7) is 0. The lowest BCUT2D eigenvalue weighted by Crippen LogP contribution is -2.30. The SMILES string of the molecule is F/C(=C(\F)C(F)(F)C(F)F)C(F)(F)F. The van der Waals surface area contributed by atoms with Crippen molar-refractivity contribution in [2.75, 3.05) is 0 Å². The van der Waals surface area contributed by atoms with Crippen LogP contribution in [0, 0.1) is 0 Å². The topological polar surface area (TPSA) is 0 Å². The largest absolute Gasteiger partial charge is 0.445 e. The summed E-state index contributed by atoms with van der Waals surface area (Å²) in [7, 11) is 0. The van der Waals surface area contributed by atoms with Crippen molar-refractivity contribution in [1.82, 2.24) is 0 Å². The van der Waals surface area contributed by atoms with E-state index in [4.69, 9.17) is 0 Å². The average molecular weight is 232 g/mol. The summed E-state index contributed by atoms with van der Waals surface area (Å²) < 4.78 is 103. The summed E-state index contributed by atoms with van der Waals surface area (Å²) in [5.41, 5.74) is 0. The smallest absolute Gasteiger partial charge is 0.203 e. The molecule has 0 atom stereocenters. The molecule has 0 aliphatic heterocycles. The van der Waals surface area contributed by atoms with Crippen LogP contribution in [0.4, 0.5) is 39.5 Å². The van der Waals surface area contributed by atoms with E-state index in [9.17, 15) is 39.5 Å². The lowest BCUT2D eigenvalue weighted by molar-refractivity contribution is -0.137. The van der Waals surface area contributed by atoms with Gasteiger partial charge in [-0.25, -0.2) is 13.2 Å². The summed E-state index contributed by atoms with van der Waals surface area (Å²) >= 11 is 0. The van der Waals surface area contributed by atoms with Crippen LogP contribution in [-0.4, -0.2) is 18.5 Å². The molecule has 0 aliphatic rings. The Bertz CT molecular complexity index is 234. The van der Waals surface area contributed by atoms with Crippen LogP contribution in [-0.2, 0) is 0 Å². The average Bonchev–Trinajstić information content (AvgIpc) is 1.99. The standard InChI is InChI=1S/C5HF9/c6-1(2(7)5(12,13)14)4(10,11)3(8)9/h3H/b2-1-. The van der Waals surface area contributed by atoms with Gasteiger partial charge < -0.3 is 0 Å². The van der Waals surface area contributed by atoms with Crippen LogP contribution < -0.4 is 0 Å². The molecule has 14 heavy (non-hydrogen) atoms. The molecular formula is C5HF9. The molecule has 0 heterocycles. The van der Waals surface area contributed by atoms with Crippen molar-refractivity contribution in [3.05, 3.63) is 11.7 Å². The third-order valence-electron chi connectivity index (χ3n) is 1.01. The molecule has 0 aliphatic carbocycles. The molecule has 0 saturated heterocycles.